The van der Waals surface area contributed by atoms with Crippen molar-refractivity contribution in [3.63, 3.8) is 0 Å². The van der Waals surface area contributed by atoms with E-state index in [1.165, 1.54) is 11.9 Å². The van der Waals surface area contributed by atoms with Gasteiger partial charge in [-0.2, -0.15) is 13.2 Å². The van der Waals surface area contributed by atoms with Crippen molar-refractivity contribution in [1.82, 2.24) is 4.90 Å². The lowest BCUT2D eigenvalue weighted by atomic mass is 9.93. The lowest BCUT2D eigenvalue weighted by Gasteiger charge is -2.29. The summed E-state index contributed by atoms with van der Waals surface area (Å²) < 4.78 is 39.6. The Hall–Kier alpha value is -0.820. The molecule has 2 N–H and O–H groups in total. The van der Waals surface area contributed by atoms with Crippen LogP contribution in [0.5, 0.6) is 0 Å². The summed E-state index contributed by atoms with van der Waals surface area (Å²) >= 11 is 0. The second kappa shape index (κ2) is 6.20. The summed E-state index contributed by atoms with van der Waals surface area (Å²) in [5.41, 5.74) is 5.22. The molecule has 0 aromatic rings. The molecule has 0 heterocycles. The third kappa shape index (κ3) is 7.98. The number of nitrogens with zero attached hydrogens (tertiary/aromatic N) is 1. The summed E-state index contributed by atoms with van der Waals surface area (Å²) in [6, 6.07) is 0. The Morgan fingerprint density at radius 1 is 1.35 bits per heavy atom. The number of carbonyl (C=O) groups is 1. The molecule has 0 aromatic carbocycles. The maximum absolute atomic E-state index is 11.8. The minimum absolute atomic E-state index is 0.269. The van der Waals surface area contributed by atoms with E-state index < -0.39 is 25.3 Å². The van der Waals surface area contributed by atoms with E-state index in [2.05, 4.69) is 4.74 Å². The van der Waals surface area contributed by atoms with Gasteiger partial charge in [0.2, 0.25) is 5.91 Å². The Kier molecular flexibility index (Phi) is 5.91. The molecular weight excluding hydrogens is 237 g/mol. The van der Waals surface area contributed by atoms with Crippen molar-refractivity contribution in [1.29, 1.82) is 0 Å². The molecule has 0 saturated heterocycles. The highest BCUT2D eigenvalue weighted by Gasteiger charge is 2.28. The van der Waals surface area contributed by atoms with E-state index in [1.807, 2.05) is 13.8 Å². The van der Waals surface area contributed by atoms with Gasteiger partial charge in [0.25, 0.3) is 0 Å². The van der Waals surface area contributed by atoms with Crippen LogP contribution in [0.4, 0.5) is 13.2 Å². The van der Waals surface area contributed by atoms with E-state index >= 15 is 0 Å². The third-order valence-corrected chi connectivity index (χ3v) is 2.13. The summed E-state index contributed by atoms with van der Waals surface area (Å²) in [7, 11) is 1.51. The molecule has 0 fully saturated rings. The second-order valence-corrected chi connectivity index (χ2v) is 4.73. The molecule has 0 saturated carbocycles. The number of amides is 1. The number of nitrogens with two attached hydrogens (primary N) is 1. The molecule has 0 aromatic heterocycles. The average Bonchev–Trinajstić information content (AvgIpc) is 2.15. The smallest absolute Gasteiger partial charge is 0.362 e. The number of likely N-dealkylation sites (N-methyl/N-ethyl adjacent to an activating group) is 1. The van der Waals surface area contributed by atoms with Crippen molar-refractivity contribution in [3.8, 4) is 0 Å². The van der Waals surface area contributed by atoms with E-state index in [1.54, 1.807) is 0 Å². The van der Waals surface area contributed by atoms with Gasteiger partial charge in [0, 0.05) is 13.6 Å². The van der Waals surface area contributed by atoms with Gasteiger partial charge in [0.15, 0.2) is 0 Å². The molecule has 0 bridgehead atoms. The second-order valence-electron chi connectivity index (χ2n) is 4.73. The predicted octanol–water partition coefficient (Wildman–Crippen LogP) is 1.01. The molecule has 0 aliphatic heterocycles. The first kappa shape index (κ1) is 16.2. The van der Waals surface area contributed by atoms with Gasteiger partial charge in [-0.25, -0.2) is 0 Å². The van der Waals surface area contributed by atoms with Crippen LogP contribution in [0.3, 0.4) is 0 Å². The van der Waals surface area contributed by atoms with Crippen molar-refractivity contribution in [2.45, 2.75) is 20.0 Å². The Labute approximate surface area is 98.9 Å². The molecule has 17 heavy (non-hydrogen) atoms. The Morgan fingerprint density at radius 2 is 1.88 bits per heavy atom. The predicted molar refractivity (Wildman–Crippen MR) is 57.3 cm³/mol. The topological polar surface area (TPSA) is 55.6 Å². The zero-order valence-electron chi connectivity index (χ0n) is 10.3. The van der Waals surface area contributed by atoms with Gasteiger partial charge in [-0.15, -0.1) is 0 Å². The van der Waals surface area contributed by atoms with E-state index in [9.17, 15) is 18.0 Å². The fraction of sp³-hybridized carbons (Fsp3) is 0.900. The Bertz CT molecular complexity index is 254. The van der Waals surface area contributed by atoms with E-state index in [-0.39, 0.29) is 5.41 Å². The van der Waals surface area contributed by atoms with Gasteiger partial charge in [-0.3, -0.25) is 4.79 Å². The van der Waals surface area contributed by atoms with Crippen molar-refractivity contribution < 1.29 is 22.7 Å². The molecule has 0 rings (SSSR count). The normalized spacial score (nSPS) is 12.6. The minimum Gasteiger partial charge on any atom is -0.362 e. The lowest BCUT2D eigenvalue weighted by molar-refractivity contribution is -0.177. The number of hydrogen-bond donors (Lipinski definition) is 1. The average molecular weight is 256 g/mol. The molecule has 0 unspecified atom stereocenters. The first-order valence-corrected chi connectivity index (χ1v) is 5.16. The molecule has 1 amide bonds. The molecule has 0 aliphatic carbocycles. The standard InChI is InChI=1S/C10H19F3N2O2/c1-9(2,5-14)6-15(3)8(16)4-17-7-10(11,12)13/h4-7,14H2,1-3H3. The molecule has 102 valence electrons. The Balaban J connectivity index is 3.99. The van der Waals surface area contributed by atoms with E-state index in [4.69, 9.17) is 5.73 Å². The van der Waals surface area contributed by atoms with Crippen molar-refractivity contribution >= 4 is 5.91 Å². The number of rotatable bonds is 6. The third-order valence-electron chi connectivity index (χ3n) is 2.13. The summed E-state index contributed by atoms with van der Waals surface area (Å²) in [6.45, 7) is 2.51. The van der Waals surface area contributed by atoms with Gasteiger partial charge < -0.3 is 15.4 Å². The van der Waals surface area contributed by atoms with E-state index in [0.29, 0.717) is 13.1 Å². The first-order valence-electron chi connectivity index (χ1n) is 5.16. The minimum atomic E-state index is -4.41. The van der Waals surface area contributed by atoms with Crippen LogP contribution in [0.25, 0.3) is 0 Å². The maximum atomic E-state index is 11.8. The highest BCUT2D eigenvalue weighted by molar-refractivity contribution is 5.77. The summed E-state index contributed by atoms with van der Waals surface area (Å²) in [5.74, 6) is -0.490. The van der Waals surface area contributed by atoms with Crippen LogP contribution < -0.4 is 5.73 Å². The fourth-order valence-electron chi connectivity index (χ4n) is 1.16. The SMILES string of the molecule is CN(CC(C)(C)CN)C(=O)COCC(F)(F)F. The number of carbonyl (C=O) groups excluding carboxylic acids is 1. The molecular formula is C10H19F3N2O2. The molecule has 4 nitrogen and oxygen atoms in total. The summed E-state index contributed by atoms with van der Waals surface area (Å²) in [6.07, 6.45) is -4.41. The lowest BCUT2D eigenvalue weighted by Crippen LogP contribution is -2.41. The highest BCUT2D eigenvalue weighted by atomic mass is 19.4. The van der Waals surface area contributed by atoms with Crippen molar-refractivity contribution in [2.75, 3.05) is 33.4 Å². The first-order chi connectivity index (χ1) is 7.57. The Morgan fingerprint density at radius 3 is 2.29 bits per heavy atom. The highest BCUT2D eigenvalue weighted by Crippen LogP contribution is 2.15. The van der Waals surface area contributed by atoms with Crippen LogP contribution in [0, 0.1) is 5.41 Å². The van der Waals surface area contributed by atoms with Gasteiger partial charge in [-0.1, -0.05) is 13.8 Å². The maximum Gasteiger partial charge on any atom is 0.411 e. The van der Waals surface area contributed by atoms with E-state index in [0.717, 1.165) is 0 Å². The van der Waals surface area contributed by atoms with Crippen LogP contribution in [0.2, 0.25) is 0 Å². The summed E-state index contributed by atoms with van der Waals surface area (Å²) in [5, 5.41) is 0. The zero-order chi connectivity index (χ0) is 13.7. The van der Waals surface area contributed by atoms with Gasteiger partial charge in [0.05, 0.1) is 0 Å². The summed E-state index contributed by atoms with van der Waals surface area (Å²) in [4.78, 5) is 12.7. The van der Waals surface area contributed by atoms with Crippen molar-refractivity contribution in [3.05, 3.63) is 0 Å². The van der Waals surface area contributed by atoms with Gasteiger partial charge in [0.1, 0.15) is 13.2 Å². The molecule has 0 spiro atoms. The number of halogens is 3. The van der Waals surface area contributed by atoms with Gasteiger partial charge >= 0.3 is 6.18 Å². The molecule has 0 atom stereocenters. The fourth-order valence-corrected chi connectivity index (χ4v) is 1.16. The monoisotopic (exact) mass is 256 g/mol. The number of hydrogen-bond acceptors (Lipinski definition) is 3. The number of alkyl halides is 3. The molecule has 7 heteroatoms. The largest absolute Gasteiger partial charge is 0.411 e. The molecule has 0 aliphatic rings. The van der Waals surface area contributed by atoms with Crippen LogP contribution in [-0.4, -0.2) is 50.3 Å². The zero-order valence-corrected chi connectivity index (χ0v) is 10.3. The van der Waals surface area contributed by atoms with Gasteiger partial charge in [-0.05, 0) is 12.0 Å². The van der Waals surface area contributed by atoms with Crippen LogP contribution >= 0.6 is 0 Å². The number of ether oxygens (including phenoxy) is 1. The van der Waals surface area contributed by atoms with Crippen LogP contribution in [0.1, 0.15) is 13.8 Å². The van der Waals surface area contributed by atoms with Crippen LogP contribution in [-0.2, 0) is 9.53 Å². The molecule has 0 radical (unpaired) electrons. The van der Waals surface area contributed by atoms with Crippen molar-refractivity contribution in [2.24, 2.45) is 11.1 Å². The van der Waals surface area contributed by atoms with Crippen LogP contribution in [0.15, 0.2) is 0 Å². The quantitative estimate of drug-likeness (QED) is 0.771.